The molecule has 0 aliphatic carbocycles. The molecular weight excluding hydrogens is 386 g/mol. The molecule has 0 aliphatic heterocycles. The van der Waals surface area contributed by atoms with Gasteiger partial charge in [-0.2, -0.15) is 0 Å². The maximum Gasteiger partial charge on any atom is 0.181 e. The topological polar surface area (TPSA) is 51.4 Å². The Morgan fingerprint density at radius 1 is 1.16 bits per heavy atom. The minimum Gasteiger partial charge on any atom is -0.487 e. The van der Waals surface area contributed by atoms with Crippen molar-refractivity contribution >= 4 is 0 Å². The number of oxazole rings is 1. The molecule has 3 rings (SSSR count). The van der Waals surface area contributed by atoms with Crippen LogP contribution in [0.3, 0.4) is 0 Å². The van der Waals surface area contributed by atoms with Crippen molar-refractivity contribution in [2.45, 2.75) is 33.9 Å². The number of pyridine rings is 1. The van der Waals surface area contributed by atoms with Crippen LogP contribution in [0.15, 0.2) is 71.6 Å². The Labute approximate surface area is 184 Å². The summed E-state index contributed by atoms with van der Waals surface area (Å²) in [5.41, 5.74) is 2.80. The molecule has 0 fully saturated rings. The lowest BCUT2D eigenvalue weighted by Crippen LogP contribution is -2.17. The Hall–Kier alpha value is -3.36. The van der Waals surface area contributed by atoms with Gasteiger partial charge in [-0.25, -0.2) is 9.97 Å². The highest BCUT2D eigenvalue weighted by molar-refractivity contribution is 5.50. The Morgan fingerprint density at radius 3 is 2.77 bits per heavy atom. The highest BCUT2D eigenvalue weighted by Gasteiger charge is 2.06. The predicted molar refractivity (Wildman–Crippen MR) is 123 cm³/mol. The molecule has 0 saturated heterocycles. The minimum absolute atomic E-state index is 0.0312. The molecule has 1 aromatic carbocycles. The molecule has 0 unspecified atom stereocenters. The first-order valence-electron chi connectivity index (χ1n) is 10.3. The fourth-order valence-electron chi connectivity index (χ4n) is 2.86. The molecule has 0 bridgehead atoms. The molecule has 0 N–H and O–H groups in total. The number of aromatic nitrogens is 2. The van der Waals surface area contributed by atoms with Gasteiger partial charge in [-0.1, -0.05) is 36.1 Å². The van der Waals surface area contributed by atoms with Gasteiger partial charge >= 0.3 is 0 Å². The number of nitrogens with zero attached hydrogens (tertiary/aromatic N) is 3. The highest BCUT2D eigenvalue weighted by atomic mass is 16.5. The Bertz CT molecular complexity index is 1050. The van der Waals surface area contributed by atoms with E-state index in [0.29, 0.717) is 12.4 Å². The lowest BCUT2D eigenvalue weighted by Gasteiger charge is -2.15. The summed E-state index contributed by atoms with van der Waals surface area (Å²) in [6.07, 6.45) is 7.07. The van der Waals surface area contributed by atoms with Crippen molar-refractivity contribution in [1.29, 1.82) is 0 Å². The molecular formula is C26H29N3O2. The second kappa shape index (κ2) is 10.6. The largest absolute Gasteiger partial charge is 0.487 e. The quantitative estimate of drug-likeness (QED) is 0.464. The van der Waals surface area contributed by atoms with E-state index in [9.17, 15) is 0 Å². The number of benzene rings is 1. The molecule has 0 aliphatic rings. The van der Waals surface area contributed by atoms with E-state index in [-0.39, 0.29) is 5.41 Å². The molecule has 0 atom stereocenters. The van der Waals surface area contributed by atoms with Gasteiger partial charge in [0, 0.05) is 18.5 Å². The third kappa shape index (κ3) is 7.76. The van der Waals surface area contributed by atoms with Crippen LogP contribution in [0.25, 0.3) is 11.5 Å². The van der Waals surface area contributed by atoms with Crippen molar-refractivity contribution < 1.29 is 9.15 Å². The van der Waals surface area contributed by atoms with Gasteiger partial charge in [-0.15, -0.1) is 0 Å². The van der Waals surface area contributed by atoms with E-state index >= 15 is 0 Å². The van der Waals surface area contributed by atoms with Crippen molar-refractivity contribution in [2.75, 3.05) is 13.6 Å². The van der Waals surface area contributed by atoms with Gasteiger partial charge < -0.3 is 9.15 Å². The highest BCUT2D eigenvalue weighted by Crippen LogP contribution is 2.19. The van der Waals surface area contributed by atoms with Crippen molar-refractivity contribution in [3.05, 3.63) is 78.5 Å². The van der Waals surface area contributed by atoms with E-state index in [2.05, 4.69) is 72.7 Å². The van der Waals surface area contributed by atoms with Gasteiger partial charge in [0.1, 0.15) is 18.1 Å². The Kier molecular flexibility index (Phi) is 7.64. The van der Waals surface area contributed by atoms with Gasteiger partial charge in [0.05, 0.1) is 11.9 Å². The number of ether oxygens (including phenoxy) is 1. The number of hydrogen-bond acceptors (Lipinski definition) is 5. The summed E-state index contributed by atoms with van der Waals surface area (Å²) in [6, 6.07) is 13.9. The molecule has 160 valence electrons. The van der Waals surface area contributed by atoms with Crippen molar-refractivity contribution in [2.24, 2.45) is 5.41 Å². The minimum atomic E-state index is 0.0312. The molecule has 31 heavy (non-hydrogen) atoms. The second-order valence-electron chi connectivity index (χ2n) is 8.43. The summed E-state index contributed by atoms with van der Waals surface area (Å²) in [5.74, 6) is 7.78. The van der Waals surface area contributed by atoms with Gasteiger partial charge in [0.15, 0.2) is 12.2 Å². The van der Waals surface area contributed by atoms with Crippen molar-refractivity contribution in [1.82, 2.24) is 14.9 Å². The van der Waals surface area contributed by atoms with Crippen LogP contribution in [0.2, 0.25) is 0 Å². The summed E-state index contributed by atoms with van der Waals surface area (Å²) in [7, 11) is 2.09. The predicted octanol–water partition coefficient (Wildman–Crippen LogP) is 5.35. The first kappa shape index (κ1) is 22.3. The average Bonchev–Trinajstić information content (AvgIpc) is 3.27. The smallest absolute Gasteiger partial charge is 0.181 e. The summed E-state index contributed by atoms with van der Waals surface area (Å²) in [6.45, 7) is 8.38. The van der Waals surface area contributed by atoms with Gasteiger partial charge in [-0.3, -0.25) is 4.90 Å². The van der Waals surface area contributed by atoms with Crippen molar-refractivity contribution in [3.8, 4) is 29.0 Å². The molecule has 3 aromatic rings. The van der Waals surface area contributed by atoms with Gasteiger partial charge in [0.2, 0.25) is 0 Å². The summed E-state index contributed by atoms with van der Waals surface area (Å²) in [5, 5.41) is 0. The molecule has 0 radical (unpaired) electrons. The number of allylic oxidation sites excluding steroid dienone is 1. The van der Waals surface area contributed by atoms with Crippen LogP contribution in [0.4, 0.5) is 0 Å². The summed E-state index contributed by atoms with van der Waals surface area (Å²) in [4.78, 5) is 10.8. The molecule has 2 aromatic heterocycles. The standard InChI is InChI=1S/C26H29N3O2/c1-26(2,3)14-6-5-7-15-29(4)18-21-10-8-12-23(16-21)30-19-22-11-9-13-24(28-22)25-17-27-20-31-25/h5,7-13,16-17,20H,15,18-19H2,1-4H3. The number of likely N-dealkylation sites (N-methyl/N-ethyl adjacent to an activating group) is 1. The van der Waals surface area contributed by atoms with E-state index < -0.39 is 0 Å². The van der Waals surface area contributed by atoms with E-state index in [1.807, 2.05) is 36.4 Å². The number of rotatable bonds is 8. The van der Waals surface area contributed by atoms with Crippen LogP contribution in [0, 0.1) is 17.3 Å². The molecule has 2 heterocycles. The van der Waals surface area contributed by atoms with Gasteiger partial charge in [0.25, 0.3) is 0 Å². The van der Waals surface area contributed by atoms with Crippen LogP contribution >= 0.6 is 0 Å². The van der Waals surface area contributed by atoms with Crippen LogP contribution < -0.4 is 4.74 Å². The van der Waals surface area contributed by atoms with Crippen LogP contribution in [-0.2, 0) is 13.2 Å². The Morgan fingerprint density at radius 2 is 2.00 bits per heavy atom. The lowest BCUT2D eigenvalue weighted by atomic mass is 9.98. The first-order valence-corrected chi connectivity index (χ1v) is 10.3. The maximum atomic E-state index is 5.97. The normalized spacial score (nSPS) is 11.5. The fourth-order valence-corrected chi connectivity index (χ4v) is 2.86. The van der Waals surface area contributed by atoms with Crippen molar-refractivity contribution in [3.63, 3.8) is 0 Å². The lowest BCUT2D eigenvalue weighted by molar-refractivity contribution is 0.300. The fraction of sp³-hybridized carbons (Fsp3) is 0.308. The molecule has 0 amide bonds. The van der Waals surface area contributed by atoms with Crippen LogP contribution in [0.5, 0.6) is 5.75 Å². The number of hydrogen-bond donors (Lipinski definition) is 0. The van der Waals surface area contributed by atoms with E-state index in [1.165, 1.54) is 12.0 Å². The summed E-state index contributed by atoms with van der Waals surface area (Å²) >= 11 is 0. The maximum absolute atomic E-state index is 5.97. The summed E-state index contributed by atoms with van der Waals surface area (Å²) < 4.78 is 11.3. The molecule has 0 saturated carbocycles. The molecule has 5 nitrogen and oxygen atoms in total. The van der Waals surface area contributed by atoms with E-state index in [4.69, 9.17) is 9.15 Å². The second-order valence-corrected chi connectivity index (χ2v) is 8.43. The zero-order valence-electron chi connectivity index (χ0n) is 18.6. The zero-order chi connectivity index (χ0) is 22.1. The third-order valence-electron chi connectivity index (χ3n) is 4.29. The van der Waals surface area contributed by atoms with Crippen LogP contribution in [-0.4, -0.2) is 28.5 Å². The zero-order valence-corrected chi connectivity index (χ0v) is 18.6. The van der Waals surface area contributed by atoms with Crippen LogP contribution in [0.1, 0.15) is 32.0 Å². The first-order chi connectivity index (χ1) is 14.9. The molecule has 0 spiro atoms. The molecule has 5 heteroatoms. The van der Waals surface area contributed by atoms with E-state index in [1.54, 1.807) is 6.20 Å². The SMILES string of the molecule is CN(CC=CC#CC(C)(C)C)Cc1cccc(OCc2cccc(-c3cnco3)n2)c1. The Balaban J connectivity index is 1.53. The van der Waals surface area contributed by atoms with Gasteiger partial charge in [-0.05, 0) is 63.7 Å². The monoisotopic (exact) mass is 415 g/mol. The third-order valence-corrected chi connectivity index (χ3v) is 4.29. The van der Waals surface area contributed by atoms with E-state index in [0.717, 1.165) is 30.2 Å². The average molecular weight is 416 g/mol.